The monoisotopic (exact) mass is 430 g/mol. The molecule has 6 rings (SSSR count). The number of rotatable bonds is 1. The Morgan fingerprint density at radius 3 is 1.42 bits per heavy atom. The minimum Gasteiger partial charge on any atom is -0.481 e. The number of benzene rings is 4. The summed E-state index contributed by atoms with van der Waals surface area (Å²) in [6, 6.07) is 33.0. The van der Waals surface area contributed by atoms with Crippen LogP contribution in [0.5, 0.6) is 0 Å². The highest BCUT2D eigenvalue weighted by atomic mass is 16.4. The van der Waals surface area contributed by atoms with Gasteiger partial charge in [0.25, 0.3) is 0 Å². The van der Waals surface area contributed by atoms with Gasteiger partial charge < -0.3 is 5.11 Å². The summed E-state index contributed by atoms with van der Waals surface area (Å²) in [6.07, 6.45) is 7.29. The lowest BCUT2D eigenvalue weighted by Crippen LogP contribution is -2.14. The molecule has 0 aromatic heterocycles. The van der Waals surface area contributed by atoms with E-state index in [0.29, 0.717) is 0 Å². The molecule has 2 aliphatic carbocycles. The number of carboxylic acid groups (broad SMARTS) is 1. The highest BCUT2D eigenvalue weighted by Gasteiger charge is 2.28. The number of aliphatic carboxylic acids is 1. The molecule has 33 heavy (non-hydrogen) atoms. The Labute approximate surface area is 194 Å². The van der Waals surface area contributed by atoms with E-state index >= 15 is 0 Å². The Kier molecular flexibility index (Phi) is 5.91. The molecule has 162 valence electrons. The number of fused-ring (bicyclic) bond motifs is 4. The van der Waals surface area contributed by atoms with Gasteiger partial charge in [0, 0.05) is 0 Å². The average molecular weight is 431 g/mol. The van der Waals surface area contributed by atoms with Crippen molar-refractivity contribution in [2.45, 2.75) is 25.2 Å². The summed E-state index contributed by atoms with van der Waals surface area (Å²) in [4.78, 5) is 11.6. The van der Waals surface area contributed by atoms with Gasteiger partial charge in [-0.15, -0.1) is 0 Å². The second-order valence-corrected chi connectivity index (χ2v) is 8.58. The number of carboxylic acids is 1. The van der Waals surface area contributed by atoms with Crippen molar-refractivity contribution in [3.63, 3.8) is 0 Å². The maximum atomic E-state index is 11.6. The predicted molar refractivity (Wildman–Crippen MR) is 134 cm³/mol. The van der Waals surface area contributed by atoms with Crippen LogP contribution in [0.4, 0.5) is 0 Å². The largest absolute Gasteiger partial charge is 0.481 e. The van der Waals surface area contributed by atoms with Crippen LogP contribution in [0, 0.1) is 0 Å². The molecule has 0 saturated heterocycles. The van der Waals surface area contributed by atoms with Crippen LogP contribution in [-0.2, 0) is 24.1 Å². The van der Waals surface area contributed by atoms with E-state index in [4.69, 9.17) is 0 Å². The summed E-state index contributed by atoms with van der Waals surface area (Å²) in [6.45, 7) is 0. The molecule has 0 amide bonds. The van der Waals surface area contributed by atoms with Gasteiger partial charge >= 0.3 is 5.97 Å². The SMILES string of the molecule is C1=Cc2ccccc2Cc2ccccc21.O=C(O)C1c2ccccc2CCc2ccccc21. The fourth-order valence-electron chi connectivity index (χ4n) is 4.89. The molecule has 2 heteroatoms. The van der Waals surface area contributed by atoms with E-state index in [9.17, 15) is 9.90 Å². The number of hydrogen-bond acceptors (Lipinski definition) is 1. The number of hydrogen-bond donors (Lipinski definition) is 1. The predicted octanol–water partition coefficient (Wildman–Crippen LogP) is 6.76. The average Bonchev–Trinajstić information content (AvgIpc) is 3.14. The van der Waals surface area contributed by atoms with Gasteiger partial charge in [-0.05, 0) is 63.8 Å². The first-order chi connectivity index (χ1) is 16.2. The minimum absolute atomic E-state index is 0.528. The summed E-state index contributed by atoms with van der Waals surface area (Å²) >= 11 is 0. The molecule has 4 aromatic rings. The first-order valence-corrected chi connectivity index (χ1v) is 11.4. The zero-order valence-electron chi connectivity index (χ0n) is 18.4. The smallest absolute Gasteiger partial charge is 0.315 e. The molecule has 0 bridgehead atoms. The highest BCUT2D eigenvalue weighted by molar-refractivity contribution is 5.82. The highest BCUT2D eigenvalue weighted by Crippen LogP contribution is 2.34. The van der Waals surface area contributed by atoms with Crippen LogP contribution in [0.3, 0.4) is 0 Å². The molecule has 0 aliphatic heterocycles. The van der Waals surface area contributed by atoms with E-state index in [1.54, 1.807) is 0 Å². The molecule has 0 spiro atoms. The fourth-order valence-corrected chi connectivity index (χ4v) is 4.89. The van der Waals surface area contributed by atoms with E-state index in [0.717, 1.165) is 41.5 Å². The van der Waals surface area contributed by atoms with Crippen LogP contribution in [0.2, 0.25) is 0 Å². The third kappa shape index (κ3) is 4.38. The topological polar surface area (TPSA) is 37.3 Å². The van der Waals surface area contributed by atoms with Gasteiger partial charge in [0.05, 0.1) is 0 Å². The molecule has 4 aromatic carbocycles. The van der Waals surface area contributed by atoms with Crippen molar-refractivity contribution in [3.05, 3.63) is 142 Å². The number of aryl methyl sites for hydroxylation is 2. The van der Waals surface area contributed by atoms with Crippen LogP contribution in [-0.4, -0.2) is 11.1 Å². The Morgan fingerprint density at radius 1 is 0.576 bits per heavy atom. The number of carbonyl (C=O) groups is 1. The Hall–Kier alpha value is -3.91. The van der Waals surface area contributed by atoms with Crippen molar-refractivity contribution >= 4 is 18.1 Å². The van der Waals surface area contributed by atoms with Crippen molar-refractivity contribution in [3.8, 4) is 0 Å². The third-order valence-electron chi connectivity index (χ3n) is 6.58. The second-order valence-electron chi connectivity index (χ2n) is 8.58. The molecular formula is C31H26O2. The molecule has 0 atom stereocenters. The van der Waals surface area contributed by atoms with Crippen LogP contribution >= 0.6 is 0 Å². The van der Waals surface area contributed by atoms with E-state index in [2.05, 4.69) is 60.7 Å². The third-order valence-corrected chi connectivity index (χ3v) is 6.58. The summed E-state index contributed by atoms with van der Waals surface area (Å²) < 4.78 is 0. The maximum Gasteiger partial charge on any atom is 0.315 e. The lowest BCUT2D eigenvalue weighted by molar-refractivity contribution is -0.137. The zero-order chi connectivity index (χ0) is 22.6. The van der Waals surface area contributed by atoms with Crippen molar-refractivity contribution in [2.24, 2.45) is 0 Å². The van der Waals surface area contributed by atoms with Gasteiger partial charge in [-0.1, -0.05) is 109 Å². The summed E-state index contributed by atoms with van der Waals surface area (Å²) in [5.41, 5.74) is 9.70. The van der Waals surface area contributed by atoms with Crippen LogP contribution < -0.4 is 0 Å². The van der Waals surface area contributed by atoms with Crippen LogP contribution in [0.15, 0.2) is 97.1 Å². The minimum atomic E-state index is -0.767. The molecule has 0 unspecified atom stereocenters. The molecule has 1 N–H and O–H groups in total. The van der Waals surface area contributed by atoms with E-state index in [-0.39, 0.29) is 0 Å². The normalized spacial score (nSPS) is 13.7. The fraction of sp³-hybridized carbons (Fsp3) is 0.129. The molecule has 0 heterocycles. The first kappa shape index (κ1) is 21.0. The van der Waals surface area contributed by atoms with Gasteiger partial charge in [-0.2, -0.15) is 0 Å². The van der Waals surface area contributed by atoms with Gasteiger partial charge in [-0.25, -0.2) is 0 Å². The van der Waals surface area contributed by atoms with Crippen molar-refractivity contribution in [1.82, 2.24) is 0 Å². The maximum absolute atomic E-state index is 11.6. The molecule has 0 fully saturated rings. The van der Waals surface area contributed by atoms with Gasteiger partial charge in [-0.3, -0.25) is 4.79 Å². The Balaban J connectivity index is 0.000000140. The molecule has 0 radical (unpaired) electrons. The zero-order valence-corrected chi connectivity index (χ0v) is 18.4. The van der Waals surface area contributed by atoms with Gasteiger partial charge in [0.2, 0.25) is 0 Å². The standard InChI is InChI=1S/C16H14O2.C15H12/c17-16(18)15-13-7-3-1-5-11(13)9-10-12-6-2-4-8-14(12)15;1-3-7-14-11-15-8-4-2-6-13(15)10-9-12(14)5-1/h1-8,15H,9-10H2,(H,17,18);1-10H,11H2. The summed E-state index contributed by atoms with van der Waals surface area (Å²) in [7, 11) is 0. The van der Waals surface area contributed by atoms with E-state index in [1.807, 2.05) is 48.5 Å². The molecule has 2 nitrogen and oxygen atoms in total. The lowest BCUT2D eigenvalue weighted by atomic mass is 9.88. The summed E-state index contributed by atoms with van der Waals surface area (Å²) in [5, 5.41) is 9.56. The van der Waals surface area contributed by atoms with E-state index in [1.165, 1.54) is 22.3 Å². The molecule has 2 aliphatic rings. The van der Waals surface area contributed by atoms with Gasteiger partial charge in [0.15, 0.2) is 0 Å². The van der Waals surface area contributed by atoms with Crippen molar-refractivity contribution < 1.29 is 9.90 Å². The molecular weight excluding hydrogens is 404 g/mol. The lowest BCUT2D eigenvalue weighted by Gasteiger charge is -2.15. The quantitative estimate of drug-likeness (QED) is 0.319. The van der Waals surface area contributed by atoms with Crippen molar-refractivity contribution in [2.75, 3.05) is 0 Å². The van der Waals surface area contributed by atoms with Gasteiger partial charge in [0.1, 0.15) is 5.92 Å². The van der Waals surface area contributed by atoms with Crippen molar-refractivity contribution in [1.29, 1.82) is 0 Å². The second kappa shape index (κ2) is 9.30. The Bertz CT molecular complexity index is 1240. The summed E-state index contributed by atoms with van der Waals surface area (Å²) in [5.74, 6) is -1.29. The molecule has 0 saturated carbocycles. The Morgan fingerprint density at radius 2 is 0.970 bits per heavy atom. The van der Waals surface area contributed by atoms with Crippen LogP contribution in [0.25, 0.3) is 12.2 Å². The van der Waals surface area contributed by atoms with Crippen LogP contribution in [0.1, 0.15) is 50.4 Å². The van der Waals surface area contributed by atoms with E-state index < -0.39 is 11.9 Å². The first-order valence-electron chi connectivity index (χ1n) is 11.4.